The van der Waals surface area contributed by atoms with Crippen LogP contribution in [-0.4, -0.2) is 14.5 Å². The van der Waals surface area contributed by atoms with Gasteiger partial charge in [-0.25, -0.2) is 13.6 Å². The fourth-order valence-corrected chi connectivity index (χ4v) is 2.22. The first-order valence-corrected chi connectivity index (χ1v) is 6.98. The minimum atomic E-state index is -3.82. The van der Waals surface area contributed by atoms with Crippen LogP contribution in [0.1, 0.15) is 26.7 Å². The summed E-state index contributed by atoms with van der Waals surface area (Å²) < 4.78 is 28.3. The van der Waals surface area contributed by atoms with Crippen LogP contribution in [0.25, 0.3) is 0 Å². The Morgan fingerprint density at radius 2 is 2.06 bits per heavy atom. The van der Waals surface area contributed by atoms with E-state index < -0.39 is 10.0 Å². The number of sulfonamides is 1. The lowest BCUT2D eigenvalue weighted by Gasteiger charge is -2.16. The van der Waals surface area contributed by atoms with Crippen LogP contribution in [0.3, 0.4) is 0 Å². The summed E-state index contributed by atoms with van der Waals surface area (Å²) in [7, 11) is -3.82. The second-order valence-corrected chi connectivity index (χ2v) is 5.50. The normalized spacial score (nSPS) is 13.4. The number of hydrogen-bond acceptors (Lipinski definition) is 4. The second kappa shape index (κ2) is 5.37. The molecule has 6 heteroatoms. The number of hydrogen-bond donors (Lipinski definition) is 2. The quantitative estimate of drug-likeness (QED) is 0.782. The van der Waals surface area contributed by atoms with Crippen LogP contribution >= 0.6 is 0 Å². The first-order valence-electron chi connectivity index (χ1n) is 5.43. The smallest absolute Gasteiger partial charge is 0.241 e. The van der Waals surface area contributed by atoms with Gasteiger partial charge in [0.2, 0.25) is 10.0 Å². The number of nitrogen functional groups attached to an aromatic ring is 1. The minimum absolute atomic E-state index is 0.0656. The second-order valence-electron chi connectivity index (χ2n) is 3.97. The molecule has 0 spiro atoms. The van der Waals surface area contributed by atoms with Crippen molar-refractivity contribution in [3.63, 3.8) is 0 Å². The summed E-state index contributed by atoms with van der Waals surface area (Å²) in [6.45, 7) is 3.91. The molecule has 0 bridgehead atoms. The molecule has 5 nitrogen and oxygen atoms in total. The lowest BCUT2D eigenvalue weighted by Crippen LogP contribution is -2.17. The van der Waals surface area contributed by atoms with E-state index in [4.69, 9.17) is 15.6 Å². The lowest BCUT2D eigenvalue weighted by atomic mass is 10.2. The van der Waals surface area contributed by atoms with Gasteiger partial charge in [-0.1, -0.05) is 13.3 Å². The number of rotatable bonds is 5. The molecule has 1 unspecified atom stereocenters. The molecule has 0 saturated carbocycles. The first kappa shape index (κ1) is 13.8. The molecule has 1 rings (SSSR count). The highest BCUT2D eigenvalue weighted by atomic mass is 32.2. The topological polar surface area (TPSA) is 95.4 Å². The standard InChI is InChI=1S/C11H18N2O3S/c1-3-4-8(2)16-10-6-5-9(12)7-11(10)17(13,14)15/h5-8H,3-4,12H2,1-2H3,(H2,13,14,15). The highest BCUT2D eigenvalue weighted by molar-refractivity contribution is 7.89. The average Bonchev–Trinajstić information content (AvgIpc) is 2.19. The van der Waals surface area contributed by atoms with Crippen LogP contribution in [0.15, 0.2) is 23.1 Å². The van der Waals surface area contributed by atoms with Crippen LogP contribution in [0, 0.1) is 0 Å². The maximum atomic E-state index is 11.4. The van der Waals surface area contributed by atoms with Gasteiger partial charge in [0.25, 0.3) is 0 Å². The molecule has 0 amide bonds. The third-order valence-electron chi connectivity index (χ3n) is 2.30. The van der Waals surface area contributed by atoms with E-state index in [9.17, 15) is 8.42 Å². The molecule has 0 radical (unpaired) electrons. The number of primary sulfonamides is 1. The molecule has 0 aliphatic heterocycles. The Hall–Kier alpha value is -1.27. The van der Waals surface area contributed by atoms with Gasteiger partial charge in [0.1, 0.15) is 10.6 Å². The molecule has 4 N–H and O–H groups in total. The van der Waals surface area contributed by atoms with Crippen molar-refractivity contribution in [1.29, 1.82) is 0 Å². The SMILES string of the molecule is CCCC(C)Oc1ccc(N)cc1S(N)(=O)=O. The molecule has 0 fully saturated rings. The number of anilines is 1. The highest BCUT2D eigenvalue weighted by Crippen LogP contribution is 2.26. The van der Waals surface area contributed by atoms with Crippen molar-refractivity contribution < 1.29 is 13.2 Å². The molecule has 17 heavy (non-hydrogen) atoms. The highest BCUT2D eigenvalue weighted by Gasteiger charge is 2.17. The Bertz CT molecular complexity index is 485. The van der Waals surface area contributed by atoms with Crippen molar-refractivity contribution in [3.8, 4) is 5.75 Å². The zero-order valence-corrected chi connectivity index (χ0v) is 10.8. The molecular weight excluding hydrogens is 240 g/mol. The van der Waals surface area contributed by atoms with Gasteiger partial charge in [0, 0.05) is 5.69 Å². The van der Waals surface area contributed by atoms with Gasteiger partial charge in [-0.15, -0.1) is 0 Å². The van der Waals surface area contributed by atoms with Crippen LogP contribution in [0.5, 0.6) is 5.75 Å². The summed E-state index contributed by atoms with van der Waals surface area (Å²) in [6.07, 6.45) is 1.74. The first-order chi connectivity index (χ1) is 7.84. The van der Waals surface area contributed by atoms with Crippen molar-refractivity contribution in [1.82, 2.24) is 0 Å². The van der Waals surface area contributed by atoms with Crippen LogP contribution < -0.4 is 15.6 Å². The number of benzene rings is 1. The van der Waals surface area contributed by atoms with Crippen molar-refractivity contribution in [2.45, 2.75) is 37.7 Å². The molecule has 1 aromatic carbocycles. The minimum Gasteiger partial charge on any atom is -0.489 e. The van der Waals surface area contributed by atoms with Crippen molar-refractivity contribution >= 4 is 15.7 Å². The molecule has 96 valence electrons. The van der Waals surface area contributed by atoms with E-state index in [2.05, 4.69) is 0 Å². The molecule has 0 aliphatic carbocycles. The number of nitrogens with two attached hydrogens (primary N) is 2. The fraction of sp³-hybridized carbons (Fsp3) is 0.455. The molecule has 0 aliphatic rings. The molecular formula is C11H18N2O3S. The molecule has 1 atom stereocenters. The van der Waals surface area contributed by atoms with E-state index in [0.29, 0.717) is 5.69 Å². The predicted octanol–water partition coefficient (Wildman–Crippen LogP) is 1.48. The van der Waals surface area contributed by atoms with Gasteiger partial charge in [0.05, 0.1) is 6.10 Å². The van der Waals surface area contributed by atoms with Gasteiger partial charge >= 0.3 is 0 Å². The average molecular weight is 258 g/mol. The van der Waals surface area contributed by atoms with E-state index in [1.54, 1.807) is 6.07 Å². The third-order valence-corrected chi connectivity index (χ3v) is 3.23. The molecule has 0 heterocycles. The Labute approximate surface area is 102 Å². The van der Waals surface area contributed by atoms with Crippen molar-refractivity contribution in [2.24, 2.45) is 5.14 Å². The molecule has 1 aromatic rings. The largest absolute Gasteiger partial charge is 0.489 e. The van der Waals surface area contributed by atoms with Crippen LogP contribution in [-0.2, 0) is 10.0 Å². The third kappa shape index (κ3) is 3.90. The zero-order chi connectivity index (χ0) is 13.1. The summed E-state index contributed by atoms with van der Waals surface area (Å²) >= 11 is 0. The van der Waals surface area contributed by atoms with Crippen LogP contribution in [0.2, 0.25) is 0 Å². The number of ether oxygens (including phenoxy) is 1. The molecule has 0 aromatic heterocycles. The van der Waals surface area contributed by atoms with E-state index >= 15 is 0 Å². The fourth-order valence-electron chi connectivity index (χ4n) is 1.53. The predicted molar refractivity (Wildman–Crippen MR) is 67.2 cm³/mol. The maximum Gasteiger partial charge on any atom is 0.241 e. The zero-order valence-electron chi connectivity index (χ0n) is 10.0. The summed E-state index contributed by atoms with van der Waals surface area (Å²) in [5, 5.41) is 5.11. The maximum absolute atomic E-state index is 11.4. The van der Waals surface area contributed by atoms with Gasteiger partial charge in [-0.2, -0.15) is 0 Å². The van der Waals surface area contributed by atoms with Gasteiger partial charge in [-0.3, -0.25) is 0 Å². The summed E-state index contributed by atoms with van der Waals surface area (Å²) in [5.74, 6) is 0.252. The molecule has 0 saturated heterocycles. The van der Waals surface area contributed by atoms with Gasteiger partial charge in [0.15, 0.2) is 0 Å². The van der Waals surface area contributed by atoms with E-state index in [1.807, 2.05) is 13.8 Å². The summed E-state index contributed by atoms with van der Waals surface area (Å²) in [4.78, 5) is -0.0690. The Morgan fingerprint density at radius 3 is 2.59 bits per heavy atom. The van der Waals surface area contributed by atoms with E-state index in [1.165, 1.54) is 12.1 Å². The monoisotopic (exact) mass is 258 g/mol. The lowest BCUT2D eigenvalue weighted by molar-refractivity contribution is 0.204. The summed E-state index contributed by atoms with van der Waals surface area (Å²) in [6, 6.07) is 4.42. The van der Waals surface area contributed by atoms with Crippen molar-refractivity contribution in [3.05, 3.63) is 18.2 Å². The van der Waals surface area contributed by atoms with E-state index in [-0.39, 0.29) is 16.7 Å². The van der Waals surface area contributed by atoms with Crippen LogP contribution in [0.4, 0.5) is 5.69 Å². The Kier molecular flexibility index (Phi) is 4.36. The van der Waals surface area contributed by atoms with Gasteiger partial charge in [-0.05, 0) is 31.5 Å². The van der Waals surface area contributed by atoms with Crippen molar-refractivity contribution in [2.75, 3.05) is 5.73 Å². The van der Waals surface area contributed by atoms with Gasteiger partial charge < -0.3 is 10.5 Å². The summed E-state index contributed by atoms with van der Waals surface area (Å²) in [5.41, 5.74) is 5.88. The Balaban J connectivity index is 3.07. The Morgan fingerprint density at radius 1 is 1.41 bits per heavy atom. The van der Waals surface area contributed by atoms with E-state index in [0.717, 1.165) is 12.8 Å².